The van der Waals surface area contributed by atoms with Crippen LogP contribution in [0.15, 0.2) is 23.4 Å². The third kappa shape index (κ3) is 2.07. The predicted molar refractivity (Wildman–Crippen MR) is 72.4 cm³/mol. The Kier molecular flexibility index (Phi) is 3.39. The Bertz CT molecular complexity index is 848. The average Bonchev–Trinajstić information content (AvgIpc) is 2.91. The lowest BCUT2D eigenvalue weighted by Crippen LogP contribution is -2.37. The summed E-state index contributed by atoms with van der Waals surface area (Å²) in [6.07, 6.45) is 1.95. The topological polar surface area (TPSA) is 55.2 Å². The molecule has 0 spiro atoms. The molecule has 2 heterocycles. The highest BCUT2D eigenvalue weighted by atomic mass is 32.2. The van der Waals surface area contributed by atoms with Crippen molar-refractivity contribution in [1.82, 2.24) is 9.78 Å². The van der Waals surface area contributed by atoms with Gasteiger partial charge in [0.2, 0.25) is 0 Å². The smallest absolute Gasteiger partial charge is 0.262 e. The Morgan fingerprint density at radius 2 is 1.95 bits per heavy atom. The van der Waals surface area contributed by atoms with Crippen molar-refractivity contribution in [3.8, 4) is 0 Å². The Morgan fingerprint density at radius 1 is 1.23 bits per heavy atom. The van der Waals surface area contributed by atoms with Gasteiger partial charge in [-0.15, -0.1) is 0 Å². The molecule has 2 aromatic rings. The van der Waals surface area contributed by atoms with Gasteiger partial charge in [-0.25, -0.2) is 13.2 Å². The zero-order chi connectivity index (χ0) is 16.1. The normalized spacial score (nSPS) is 15.0. The fourth-order valence-corrected chi connectivity index (χ4v) is 4.23. The standard InChI is InChI=1S/C13H12F3N3O2S/c1-18-10(4-5-17-18)22(20,21)19-6-2-3-8-7-9(14)11(15)12(16)13(8)19/h4-5,7H,2-3,6H2,1H3. The summed E-state index contributed by atoms with van der Waals surface area (Å²) >= 11 is 0. The number of benzene rings is 1. The molecule has 3 rings (SSSR count). The van der Waals surface area contributed by atoms with Crippen molar-refractivity contribution in [2.45, 2.75) is 17.9 Å². The second kappa shape index (κ2) is 5.01. The number of fused-ring (bicyclic) bond motifs is 1. The molecule has 0 amide bonds. The van der Waals surface area contributed by atoms with Crippen LogP contribution in [0, 0.1) is 17.5 Å². The van der Waals surface area contributed by atoms with Gasteiger partial charge in [-0.1, -0.05) is 0 Å². The molecule has 0 N–H and O–H groups in total. The van der Waals surface area contributed by atoms with Crippen molar-refractivity contribution in [3.05, 3.63) is 41.3 Å². The Morgan fingerprint density at radius 3 is 2.59 bits per heavy atom. The highest BCUT2D eigenvalue weighted by Gasteiger charge is 2.35. The van der Waals surface area contributed by atoms with Gasteiger partial charge in [-0.3, -0.25) is 8.99 Å². The second-order valence-corrected chi connectivity index (χ2v) is 6.78. The van der Waals surface area contributed by atoms with E-state index >= 15 is 0 Å². The first-order valence-electron chi connectivity index (χ1n) is 6.51. The minimum absolute atomic E-state index is 0.0114. The largest absolute Gasteiger partial charge is 0.281 e. The summed E-state index contributed by atoms with van der Waals surface area (Å²) in [6.45, 7) is -0.0114. The quantitative estimate of drug-likeness (QED) is 0.791. The fourth-order valence-electron chi connectivity index (χ4n) is 2.59. The van der Waals surface area contributed by atoms with Crippen molar-refractivity contribution in [3.63, 3.8) is 0 Å². The number of sulfonamides is 1. The average molecular weight is 331 g/mol. The molecule has 0 atom stereocenters. The lowest BCUT2D eigenvalue weighted by molar-refractivity contribution is 0.443. The summed E-state index contributed by atoms with van der Waals surface area (Å²) in [7, 11) is -2.68. The molecule has 0 radical (unpaired) electrons. The first-order valence-corrected chi connectivity index (χ1v) is 7.95. The number of halogens is 3. The van der Waals surface area contributed by atoms with Gasteiger partial charge in [0, 0.05) is 13.6 Å². The van der Waals surface area contributed by atoms with Crippen LogP contribution in [-0.4, -0.2) is 24.7 Å². The lowest BCUT2D eigenvalue weighted by atomic mass is 10.0. The molecule has 0 unspecified atom stereocenters. The van der Waals surface area contributed by atoms with E-state index in [4.69, 9.17) is 0 Å². The third-order valence-electron chi connectivity index (χ3n) is 3.60. The number of hydrogen-bond acceptors (Lipinski definition) is 3. The molecule has 0 saturated carbocycles. The van der Waals surface area contributed by atoms with Crippen molar-refractivity contribution >= 4 is 15.7 Å². The second-order valence-electron chi connectivity index (χ2n) is 4.97. The minimum Gasteiger partial charge on any atom is -0.262 e. The summed E-state index contributed by atoms with van der Waals surface area (Å²) in [5.74, 6) is -4.48. The van der Waals surface area contributed by atoms with Gasteiger partial charge >= 0.3 is 0 Å². The van der Waals surface area contributed by atoms with Gasteiger partial charge in [0.05, 0.1) is 11.9 Å². The first kappa shape index (κ1) is 14.9. The Balaban J connectivity index is 2.21. The third-order valence-corrected chi connectivity index (χ3v) is 5.48. The molecule has 1 aliphatic rings. The van der Waals surface area contributed by atoms with E-state index in [-0.39, 0.29) is 23.6 Å². The van der Waals surface area contributed by atoms with E-state index in [1.165, 1.54) is 19.3 Å². The molecule has 9 heteroatoms. The summed E-state index contributed by atoms with van der Waals surface area (Å²) in [5.41, 5.74) is -0.292. The number of anilines is 1. The summed E-state index contributed by atoms with van der Waals surface area (Å²) < 4.78 is 68.2. The van der Waals surface area contributed by atoms with Crippen molar-refractivity contribution in [1.29, 1.82) is 0 Å². The van der Waals surface area contributed by atoms with Gasteiger partial charge < -0.3 is 0 Å². The summed E-state index contributed by atoms with van der Waals surface area (Å²) in [4.78, 5) is 0. The van der Waals surface area contributed by atoms with E-state index in [1.54, 1.807) is 0 Å². The van der Waals surface area contributed by atoms with E-state index in [1.807, 2.05) is 0 Å². The van der Waals surface area contributed by atoms with E-state index in [2.05, 4.69) is 5.10 Å². The predicted octanol–water partition coefficient (Wildman–Crippen LogP) is 1.98. The molecule has 22 heavy (non-hydrogen) atoms. The molecule has 0 bridgehead atoms. The van der Waals surface area contributed by atoms with Crippen molar-refractivity contribution in [2.75, 3.05) is 10.8 Å². The van der Waals surface area contributed by atoms with Crippen LogP contribution < -0.4 is 4.31 Å². The molecule has 1 aromatic heterocycles. The van der Waals surface area contributed by atoms with E-state index in [9.17, 15) is 21.6 Å². The summed E-state index contributed by atoms with van der Waals surface area (Å²) in [5, 5.41) is 3.62. The first-order chi connectivity index (χ1) is 10.3. The number of aryl methyl sites for hydroxylation is 2. The molecular formula is C13H12F3N3O2S. The Labute approximate surface area is 125 Å². The number of nitrogens with zero attached hydrogens (tertiary/aromatic N) is 3. The Hall–Kier alpha value is -2.03. The van der Waals surface area contributed by atoms with Gasteiger partial charge in [0.15, 0.2) is 22.5 Å². The number of rotatable bonds is 2. The highest BCUT2D eigenvalue weighted by Crippen LogP contribution is 2.36. The molecule has 118 valence electrons. The van der Waals surface area contributed by atoms with Crippen molar-refractivity contribution < 1.29 is 21.6 Å². The molecule has 1 aliphatic heterocycles. The maximum absolute atomic E-state index is 14.1. The van der Waals surface area contributed by atoms with Crippen LogP contribution in [0.4, 0.5) is 18.9 Å². The minimum atomic E-state index is -4.11. The molecule has 0 saturated heterocycles. The zero-order valence-electron chi connectivity index (χ0n) is 11.6. The fraction of sp³-hybridized carbons (Fsp3) is 0.308. The van der Waals surface area contributed by atoms with Crippen LogP contribution in [0.5, 0.6) is 0 Å². The highest BCUT2D eigenvalue weighted by molar-refractivity contribution is 7.92. The van der Waals surface area contributed by atoms with Crippen LogP contribution in [0.1, 0.15) is 12.0 Å². The van der Waals surface area contributed by atoms with Gasteiger partial charge in [0.1, 0.15) is 0 Å². The van der Waals surface area contributed by atoms with Crippen LogP contribution >= 0.6 is 0 Å². The van der Waals surface area contributed by atoms with E-state index in [0.29, 0.717) is 6.42 Å². The number of hydrogen-bond donors (Lipinski definition) is 0. The zero-order valence-corrected chi connectivity index (χ0v) is 12.4. The molecule has 0 aliphatic carbocycles. The lowest BCUT2D eigenvalue weighted by Gasteiger charge is -2.30. The molecule has 1 aromatic carbocycles. The van der Waals surface area contributed by atoms with E-state index in [0.717, 1.165) is 15.1 Å². The summed E-state index contributed by atoms with van der Waals surface area (Å²) in [6, 6.07) is 2.11. The van der Waals surface area contributed by atoms with Gasteiger partial charge in [0.25, 0.3) is 10.0 Å². The van der Waals surface area contributed by atoms with E-state index < -0.39 is 33.2 Å². The van der Waals surface area contributed by atoms with Crippen LogP contribution in [0.25, 0.3) is 0 Å². The maximum Gasteiger partial charge on any atom is 0.281 e. The van der Waals surface area contributed by atoms with Crippen molar-refractivity contribution in [2.24, 2.45) is 7.05 Å². The maximum atomic E-state index is 14.1. The van der Waals surface area contributed by atoms with Gasteiger partial charge in [-0.2, -0.15) is 13.5 Å². The van der Waals surface area contributed by atoms with Crippen LogP contribution in [-0.2, 0) is 23.5 Å². The van der Waals surface area contributed by atoms with Crippen LogP contribution in [0.3, 0.4) is 0 Å². The number of aromatic nitrogens is 2. The van der Waals surface area contributed by atoms with Gasteiger partial charge in [-0.05, 0) is 30.5 Å². The molecular weight excluding hydrogens is 319 g/mol. The monoisotopic (exact) mass is 331 g/mol. The SMILES string of the molecule is Cn1nccc1S(=O)(=O)N1CCCc2cc(F)c(F)c(F)c21. The van der Waals surface area contributed by atoms with Crippen LogP contribution in [0.2, 0.25) is 0 Å². The molecule has 5 nitrogen and oxygen atoms in total. The molecule has 0 fully saturated rings.